The van der Waals surface area contributed by atoms with Gasteiger partial charge in [-0.05, 0) is 31.9 Å². The van der Waals surface area contributed by atoms with Crippen molar-refractivity contribution in [2.45, 2.75) is 44.4 Å². The van der Waals surface area contributed by atoms with E-state index in [1.807, 2.05) is 0 Å². The number of benzene rings is 1. The first-order valence-corrected chi connectivity index (χ1v) is 12.4. The third-order valence-corrected chi connectivity index (χ3v) is 6.75. The second-order valence-electron chi connectivity index (χ2n) is 8.14. The van der Waals surface area contributed by atoms with Crippen LogP contribution in [0.15, 0.2) is 43.0 Å². The molecule has 186 valence electrons. The monoisotopic (exact) mass is 504 g/mol. The molecule has 2 aliphatic rings. The zero-order chi connectivity index (χ0) is 24.4. The second-order valence-corrected chi connectivity index (χ2v) is 9.40. The van der Waals surface area contributed by atoms with E-state index in [0.29, 0.717) is 28.8 Å². The van der Waals surface area contributed by atoms with Crippen LogP contribution in [0.3, 0.4) is 0 Å². The van der Waals surface area contributed by atoms with Crippen LogP contribution in [0.25, 0.3) is 11.2 Å². The Balaban J connectivity index is 1.21. The van der Waals surface area contributed by atoms with E-state index >= 15 is 0 Å². The highest BCUT2D eigenvalue weighted by Crippen LogP contribution is 2.35. The molecule has 2 fully saturated rings. The largest absolute Gasteiger partial charge is 0.480 e. The molecule has 4 atom stereocenters. The standard InChI is InChI=1S/C21H25N6O7P/c1-13(21(28)29)27(34-15-5-3-2-4-6-15)35(30)32-10-17-31-9-16(33-17)26-12-24-18-19(25-14-7-8-14)22-11-23-20(18)26/h2-6,11-14,16-17,35H,7-10H2,1H3,(H,28,29)(H,22,23,25)/t13?,16-,17-/m1/s1. The fourth-order valence-electron chi connectivity index (χ4n) is 3.44. The lowest BCUT2D eigenvalue weighted by atomic mass is 10.3. The minimum Gasteiger partial charge on any atom is -0.480 e. The average Bonchev–Trinajstić information content (AvgIpc) is 3.37. The summed E-state index contributed by atoms with van der Waals surface area (Å²) >= 11 is 0. The Labute approximate surface area is 200 Å². The highest BCUT2D eigenvalue weighted by atomic mass is 31.1. The van der Waals surface area contributed by atoms with E-state index in [2.05, 4.69) is 20.3 Å². The molecule has 0 amide bonds. The van der Waals surface area contributed by atoms with Crippen LogP contribution in [0.1, 0.15) is 26.0 Å². The summed E-state index contributed by atoms with van der Waals surface area (Å²) in [4.78, 5) is 30.9. The Morgan fingerprint density at radius 3 is 2.86 bits per heavy atom. The van der Waals surface area contributed by atoms with Gasteiger partial charge in [-0.25, -0.2) is 15.0 Å². The van der Waals surface area contributed by atoms with Crippen molar-refractivity contribution in [3.63, 3.8) is 0 Å². The number of hydrogen-bond donors (Lipinski definition) is 2. The zero-order valence-corrected chi connectivity index (χ0v) is 19.8. The van der Waals surface area contributed by atoms with E-state index in [1.54, 1.807) is 41.2 Å². The molecule has 0 spiro atoms. The van der Waals surface area contributed by atoms with Crippen molar-refractivity contribution in [2.75, 3.05) is 18.5 Å². The predicted molar refractivity (Wildman–Crippen MR) is 123 cm³/mol. The maximum Gasteiger partial charge on any atom is 0.324 e. The molecule has 13 nitrogen and oxygen atoms in total. The molecule has 14 heteroatoms. The fourth-order valence-corrected chi connectivity index (χ4v) is 4.45. The van der Waals surface area contributed by atoms with Gasteiger partial charge in [0.2, 0.25) is 0 Å². The SMILES string of the molecule is CC(C(=O)O)N(Oc1ccccc1)[PH](=O)OC[C@@H]1OC[C@H](n2cnc3c(NC4CC4)ncnc32)O1. The molecule has 0 bridgehead atoms. The molecular weight excluding hydrogens is 479 g/mol. The molecule has 1 aliphatic carbocycles. The maximum atomic E-state index is 12.8. The lowest BCUT2D eigenvalue weighted by molar-refractivity contribution is -0.148. The topological polar surface area (TPSA) is 150 Å². The van der Waals surface area contributed by atoms with Crippen molar-refractivity contribution in [3.8, 4) is 5.75 Å². The number of ether oxygens (including phenoxy) is 2. The summed E-state index contributed by atoms with van der Waals surface area (Å²) in [5.74, 6) is -0.193. The van der Waals surface area contributed by atoms with Crippen molar-refractivity contribution in [1.82, 2.24) is 24.4 Å². The number of fused-ring (bicyclic) bond motifs is 1. The van der Waals surface area contributed by atoms with Gasteiger partial charge in [0.15, 0.2) is 29.5 Å². The summed E-state index contributed by atoms with van der Waals surface area (Å²) < 4.78 is 31.5. The molecule has 2 N–H and O–H groups in total. The van der Waals surface area contributed by atoms with Crippen molar-refractivity contribution in [3.05, 3.63) is 43.0 Å². The average molecular weight is 504 g/mol. The second kappa shape index (κ2) is 10.3. The zero-order valence-electron chi connectivity index (χ0n) is 18.8. The van der Waals surface area contributed by atoms with E-state index < -0.39 is 32.7 Å². The van der Waals surface area contributed by atoms with Gasteiger partial charge in [-0.2, -0.15) is 0 Å². The van der Waals surface area contributed by atoms with Gasteiger partial charge in [-0.15, -0.1) is 0 Å². The summed E-state index contributed by atoms with van der Waals surface area (Å²) in [7, 11) is -3.10. The van der Waals surface area contributed by atoms with Crippen LogP contribution in [0.2, 0.25) is 0 Å². The van der Waals surface area contributed by atoms with Crippen molar-refractivity contribution < 1.29 is 33.3 Å². The van der Waals surface area contributed by atoms with Crippen LogP contribution in [0.5, 0.6) is 5.75 Å². The minimum absolute atomic E-state index is 0.189. The number of nitrogens with zero attached hydrogens (tertiary/aromatic N) is 5. The number of nitrogens with one attached hydrogen (secondary N) is 1. The third kappa shape index (κ3) is 5.44. The Hall–Kier alpha value is -3.09. The van der Waals surface area contributed by atoms with Crippen LogP contribution in [0, 0.1) is 0 Å². The molecular formula is C21H25N6O7P. The van der Waals surface area contributed by atoms with E-state index in [9.17, 15) is 14.5 Å². The highest BCUT2D eigenvalue weighted by Gasteiger charge is 2.33. The molecule has 2 aromatic heterocycles. The number of carboxylic acids is 1. The Kier molecular flexibility index (Phi) is 6.93. The molecule has 35 heavy (non-hydrogen) atoms. The number of imidazole rings is 1. The molecule has 1 aliphatic heterocycles. The van der Waals surface area contributed by atoms with Crippen molar-refractivity contribution in [2.24, 2.45) is 0 Å². The summed E-state index contributed by atoms with van der Waals surface area (Å²) in [6, 6.07) is 7.66. The quantitative estimate of drug-likeness (QED) is 0.292. The number of carbonyl (C=O) groups is 1. The summed E-state index contributed by atoms with van der Waals surface area (Å²) in [5.41, 5.74) is 1.24. The number of para-hydroxylation sites is 1. The lowest BCUT2D eigenvalue weighted by Crippen LogP contribution is -2.37. The molecule has 3 heterocycles. The van der Waals surface area contributed by atoms with Gasteiger partial charge >= 0.3 is 5.97 Å². The highest BCUT2D eigenvalue weighted by molar-refractivity contribution is 7.36. The van der Waals surface area contributed by atoms with E-state index in [-0.39, 0.29) is 13.2 Å². The number of hydroxylamine groups is 1. The minimum atomic E-state index is -3.10. The predicted octanol–water partition coefficient (Wildman–Crippen LogP) is 2.45. The number of aliphatic carboxylic acids is 1. The number of rotatable bonds is 11. The van der Waals surface area contributed by atoms with Gasteiger partial charge in [0, 0.05) is 6.04 Å². The van der Waals surface area contributed by atoms with Crippen molar-refractivity contribution >= 4 is 31.1 Å². The number of carboxylic acid groups (broad SMARTS) is 1. The van der Waals surface area contributed by atoms with Crippen molar-refractivity contribution in [1.29, 1.82) is 0 Å². The van der Waals surface area contributed by atoms with E-state index in [1.165, 1.54) is 13.3 Å². The number of hydrogen-bond acceptors (Lipinski definition) is 10. The maximum absolute atomic E-state index is 12.8. The molecule has 0 radical (unpaired) electrons. The van der Waals surface area contributed by atoms with Crippen LogP contribution < -0.4 is 10.2 Å². The number of anilines is 1. The lowest BCUT2D eigenvalue weighted by Gasteiger charge is -2.25. The van der Waals surface area contributed by atoms with Crippen LogP contribution >= 0.6 is 8.18 Å². The molecule has 1 saturated heterocycles. The third-order valence-electron chi connectivity index (χ3n) is 5.50. The van der Waals surface area contributed by atoms with Gasteiger partial charge in [-0.3, -0.25) is 13.9 Å². The van der Waals surface area contributed by atoms with E-state index in [0.717, 1.165) is 17.7 Å². The Bertz CT molecular complexity index is 1210. The summed E-state index contributed by atoms with van der Waals surface area (Å²) in [6.07, 6.45) is 3.95. The van der Waals surface area contributed by atoms with E-state index in [4.69, 9.17) is 18.8 Å². The molecule has 1 saturated carbocycles. The van der Waals surface area contributed by atoms with Gasteiger partial charge in [-0.1, -0.05) is 23.0 Å². The molecule has 2 unspecified atom stereocenters. The van der Waals surface area contributed by atoms with Crippen LogP contribution in [-0.4, -0.2) is 67.0 Å². The molecule has 1 aromatic carbocycles. The first kappa shape index (κ1) is 23.6. The normalized spacial score (nSPS) is 21.8. The first-order valence-electron chi connectivity index (χ1n) is 11.1. The van der Waals surface area contributed by atoms with Crippen LogP contribution in [0.4, 0.5) is 5.82 Å². The molecule has 5 rings (SSSR count). The van der Waals surface area contributed by atoms with Crippen LogP contribution in [-0.2, 0) is 23.4 Å². The molecule has 3 aromatic rings. The number of aromatic nitrogens is 4. The Morgan fingerprint density at radius 2 is 2.11 bits per heavy atom. The van der Waals surface area contributed by atoms with Gasteiger partial charge < -0.3 is 29.3 Å². The smallest absolute Gasteiger partial charge is 0.324 e. The first-order chi connectivity index (χ1) is 17.0. The van der Waals surface area contributed by atoms with Gasteiger partial charge in [0.1, 0.15) is 24.7 Å². The van der Waals surface area contributed by atoms with Gasteiger partial charge in [0.25, 0.3) is 8.18 Å². The Morgan fingerprint density at radius 1 is 1.31 bits per heavy atom. The summed E-state index contributed by atoms with van der Waals surface area (Å²) in [5, 5.41) is 12.7. The summed E-state index contributed by atoms with van der Waals surface area (Å²) in [6.45, 7) is 1.37. The fraction of sp³-hybridized carbons (Fsp3) is 0.429. The van der Waals surface area contributed by atoms with Gasteiger partial charge in [0.05, 0.1) is 12.9 Å².